The summed E-state index contributed by atoms with van der Waals surface area (Å²) in [4.78, 5) is 21.3. The molecule has 4 aromatic rings. The van der Waals surface area contributed by atoms with Crippen LogP contribution in [0.1, 0.15) is 10.4 Å². The Morgan fingerprint density at radius 3 is 2.85 bits per heavy atom. The van der Waals surface area contributed by atoms with Crippen molar-refractivity contribution in [1.82, 2.24) is 4.98 Å². The van der Waals surface area contributed by atoms with Gasteiger partial charge in [-0.15, -0.1) is 11.3 Å². The predicted molar refractivity (Wildman–Crippen MR) is 103 cm³/mol. The summed E-state index contributed by atoms with van der Waals surface area (Å²) < 4.78 is 5.89. The summed E-state index contributed by atoms with van der Waals surface area (Å²) in [7, 11) is 0. The second kappa shape index (κ2) is 7.11. The minimum atomic E-state index is -0.338. The van der Waals surface area contributed by atoms with Crippen LogP contribution in [0.15, 0.2) is 75.6 Å². The Balaban J connectivity index is 1.87. The minimum absolute atomic E-state index is 0.208. The van der Waals surface area contributed by atoms with Gasteiger partial charge in [-0.05, 0) is 30.3 Å². The molecule has 0 aliphatic carbocycles. The Bertz CT molecular complexity index is 1150. The van der Waals surface area contributed by atoms with Gasteiger partial charge in [-0.1, -0.05) is 35.9 Å². The Morgan fingerprint density at radius 1 is 1.15 bits per heavy atom. The smallest absolute Gasteiger partial charge is 0.262 e. The summed E-state index contributed by atoms with van der Waals surface area (Å²) in [6.45, 7) is 0. The maximum atomic E-state index is 12.7. The molecule has 1 amide bonds. The molecule has 0 aliphatic rings. The normalized spacial score (nSPS) is 11.7. The van der Waals surface area contributed by atoms with E-state index in [0.717, 1.165) is 5.39 Å². The van der Waals surface area contributed by atoms with Gasteiger partial charge >= 0.3 is 0 Å². The van der Waals surface area contributed by atoms with Crippen LogP contribution in [-0.2, 0) is 0 Å². The number of hydrogen-bond acceptors (Lipinski definition) is 5. The third kappa shape index (κ3) is 3.51. The van der Waals surface area contributed by atoms with E-state index in [-0.39, 0.29) is 11.5 Å². The molecule has 7 heteroatoms. The maximum absolute atomic E-state index is 12.7. The zero-order valence-electron chi connectivity index (χ0n) is 13.3. The van der Waals surface area contributed by atoms with Gasteiger partial charge in [0.25, 0.3) is 5.91 Å². The van der Waals surface area contributed by atoms with Crippen molar-refractivity contribution >= 4 is 50.6 Å². The van der Waals surface area contributed by atoms with Crippen molar-refractivity contribution in [1.29, 1.82) is 0 Å². The summed E-state index contributed by atoms with van der Waals surface area (Å²) in [5.74, 6) is -0.338. The van der Waals surface area contributed by atoms with Crippen molar-refractivity contribution in [2.45, 2.75) is 0 Å². The van der Waals surface area contributed by atoms with Crippen molar-refractivity contribution < 1.29 is 9.21 Å². The van der Waals surface area contributed by atoms with Gasteiger partial charge in [-0.2, -0.15) is 0 Å². The first-order valence-electron chi connectivity index (χ1n) is 7.73. The fraction of sp³-hybridized carbons (Fsp3) is 0. The molecule has 0 bridgehead atoms. The third-order valence-corrected chi connectivity index (χ3v) is 4.52. The lowest BCUT2D eigenvalue weighted by Gasteiger charge is -2.05. The van der Waals surface area contributed by atoms with Crippen LogP contribution in [0, 0.1) is 0 Å². The van der Waals surface area contributed by atoms with E-state index in [4.69, 9.17) is 16.0 Å². The van der Waals surface area contributed by atoms with Crippen LogP contribution in [-0.4, -0.2) is 10.9 Å². The van der Waals surface area contributed by atoms with E-state index >= 15 is 0 Å². The van der Waals surface area contributed by atoms with E-state index in [0.29, 0.717) is 27.0 Å². The van der Waals surface area contributed by atoms with Crippen LogP contribution in [0.2, 0.25) is 5.02 Å². The molecule has 0 unspecified atom stereocenters. The molecule has 2 aromatic heterocycles. The number of hydrogen-bond donors (Lipinski definition) is 1. The Kier molecular flexibility index (Phi) is 4.51. The van der Waals surface area contributed by atoms with Gasteiger partial charge in [-0.3, -0.25) is 10.1 Å². The van der Waals surface area contributed by atoms with Crippen LogP contribution in [0.3, 0.4) is 0 Å². The molecule has 1 N–H and O–H groups in total. The number of nitrogens with zero attached hydrogens (tertiary/aromatic N) is 2. The van der Waals surface area contributed by atoms with E-state index in [1.165, 1.54) is 11.3 Å². The summed E-state index contributed by atoms with van der Waals surface area (Å²) in [6.07, 6.45) is 1.63. The topological polar surface area (TPSA) is 67.5 Å². The number of benzene rings is 2. The van der Waals surface area contributed by atoms with E-state index in [1.807, 2.05) is 24.3 Å². The van der Waals surface area contributed by atoms with Gasteiger partial charge < -0.3 is 4.42 Å². The van der Waals surface area contributed by atoms with Gasteiger partial charge in [0.2, 0.25) is 5.55 Å². The number of carbonyl (C=O) groups is 1. The summed E-state index contributed by atoms with van der Waals surface area (Å²) >= 11 is 7.37. The SMILES string of the molecule is O=C(Nc1nccs1)c1cc2ccccc2oc1=Nc1cccc(Cl)c1. The van der Waals surface area contributed by atoms with Crippen LogP contribution in [0.4, 0.5) is 10.8 Å². The van der Waals surface area contributed by atoms with Crippen molar-refractivity contribution in [2.24, 2.45) is 4.99 Å². The molecule has 0 aliphatic heterocycles. The van der Waals surface area contributed by atoms with E-state index < -0.39 is 0 Å². The van der Waals surface area contributed by atoms with Crippen molar-refractivity contribution in [3.63, 3.8) is 0 Å². The molecular formula is C19H12ClN3O2S. The molecule has 0 fully saturated rings. The average Bonchev–Trinajstić information content (AvgIpc) is 3.14. The Morgan fingerprint density at radius 2 is 2.04 bits per heavy atom. The lowest BCUT2D eigenvalue weighted by molar-refractivity contribution is 0.102. The number of thiazole rings is 1. The highest BCUT2D eigenvalue weighted by atomic mass is 35.5. The highest BCUT2D eigenvalue weighted by Crippen LogP contribution is 2.19. The molecule has 0 atom stereocenters. The maximum Gasteiger partial charge on any atom is 0.262 e. The monoisotopic (exact) mass is 381 g/mol. The van der Waals surface area contributed by atoms with E-state index in [2.05, 4.69) is 15.3 Å². The quantitative estimate of drug-likeness (QED) is 0.541. The van der Waals surface area contributed by atoms with E-state index in [9.17, 15) is 4.79 Å². The first-order chi connectivity index (χ1) is 12.7. The number of amides is 1. The van der Waals surface area contributed by atoms with Gasteiger partial charge in [-0.25, -0.2) is 9.98 Å². The number of nitrogens with one attached hydrogen (secondary N) is 1. The molecule has 4 rings (SSSR count). The molecule has 2 aromatic carbocycles. The fourth-order valence-electron chi connectivity index (χ4n) is 2.43. The number of anilines is 1. The zero-order valence-corrected chi connectivity index (χ0v) is 14.9. The highest BCUT2D eigenvalue weighted by Gasteiger charge is 2.14. The summed E-state index contributed by atoms with van der Waals surface area (Å²) in [6, 6.07) is 16.3. The van der Waals surface area contributed by atoms with Crippen LogP contribution in [0.5, 0.6) is 0 Å². The Labute approximate surface area is 157 Å². The summed E-state index contributed by atoms with van der Waals surface area (Å²) in [5, 5.41) is 6.43. The van der Waals surface area contributed by atoms with Gasteiger partial charge in [0.05, 0.1) is 5.69 Å². The van der Waals surface area contributed by atoms with Crippen molar-refractivity contribution in [3.8, 4) is 0 Å². The number of carbonyl (C=O) groups excluding carboxylic acids is 1. The standard InChI is InChI=1S/C19H12ClN3O2S/c20-13-5-3-6-14(11-13)22-18-15(17(24)23-19-21-8-9-26-19)10-12-4-1-2-7-16(12)25-18/h1-11H,(H,21,23,24). The first kappa shape index (κ1) is 16.5. The molecule has 2 heterocycles. The lowest BCUT2D eigenvalue weighted by Crippen LogP contribution is -2.21. The molecule has 5 nitrogen and oxygen atoms in total. The molecule has 0 saturated carbocycles. The van der Waals surface area contributed by atoms with Crippen molar-refractivity contribution in [2.75, 3.05) is 5.32 Å². The number of halogens is 1. The van der Waals surface area contributed by atoms with Gasteiger partial charge in [0, 0.05) is 22.0 Å². The molecule has 0 saturated heterocycles. The van der Waals surface area contributed by atoms with Gasteiger partial charge in [0.15, 0.2) is 5.13 Å². The fourth-order valence-corrected chi connectivity index (χ4v) is 3.14. The molecule has 0 radical (unpaired) electrons. The molecule has 0 spiro atoms. The van der Waals surface area contributed by atoms with Crippen LogP contribution in [0.25, 0.3) is 11.0 Å². The molecule has 26 heavy (non-hydrogen) atoms. The number of aromatic nitrogens is 1. The zero-order chi connectivity index (χ0) is 17.9. The van der Waals surface area contributed by atoms with Crippen LogP contribution >= 0.6 is 22.9 Å². The molecular weight excluding hydrogens is 370 g/mol. The van der Waals surface area contributed by atoms with Gasteiger partial charge in [0.1, 0.15) is 11.1 Å². The highest BCUT2D eigenvalue weighted by molar-refractivity contribution is 7.13. The minimum Gasteiger partial charge on any atom is -0.438 e. The van der Waals surface area contributed by atoms with Crippen LogP contribution < -0.4 is 10.9 Å². The average molecular weight is 382 g/mol. The Hall–Kier alpha value is -2.96. The summed E-state index contributed by atoms with van der Waals surface area (Å²) in [5.41, 5.74) is 1.76. The largest absolute Gasteiger partial charge is 0.438 e. The first-order valence-corrected chi connectivity index (χ1v) is 8.99. The van der Waals surface area contributed by atoms with Crippen molar-refractivity contribution in [3.05, 3.63) is 82.3 Å². The van der Waals surface area contributed by atoms with E-state index in [1.54, 1.807) is 41.9 Å². The predicted octanol–water partition coefficient (Wildman–Crippen LogP) is 5.03. The third-order valence-electron chi connectivity index (χ3n) is 3.59. The number of para-hydroxylation sites is 1. The second-order valence-corrected chi connectivity index (χ2v) is 6.72. The lowest BCUT2D eigenvalue weighted by atomic mass is 10.2. The second-order valence-electron chi connectivity index (χ2n) is 5.39. The number of fused-ring (bicyclic) bond motifs is 1. The number of rotatable bonds is 3. The molecule has 128 valence electrons.